The van der Waals surface area contributed by atoms with Gasteiger partial charge >= 0.3 is 12.3 Å². The molecular weight excluding hydrogens is 510 g/mol. The van der Waals surface area contributed by atoms with Gasteiger partial charge in [-0.15, -0.1) is 11.3 Å². The minimum Gasteiger partial charge on any atom is -0.444 e. The summed E-state index contributed by atoms with van der Waals surface area (Å²) in [5, 5.41) is 12.3. The van der Waals surface area contributed by atoms with Crippen LogP contribution in [-0.2, 0) is 22.1 Å². The largest absolute Gasteiger partial charge is 0.444 e. The van der Waals surface area contributed by atoms with Crippen LogP contribution < -0.4 is 5.32 Å². The Labute approximate surface area is 216 Å². The first-order chi connectivity index (χ1) is 17.3. The number of rotatable bonds is 5. The van der Waals surface area contributed by atoms with Gasteiger partial charge in [0.05, 0.1) is 6.07 Å². The van der Waals surface area contributed by atoms with Crippen LogP contribution in [0.3, 0.4) is 0 Å². The number of amides is 2. The first-order valence-electron chi connectivity index (χ1n) is 11.9. The van der Waals surface area contributed by atoms with Gasteiger partial charge in [0.15, 0.2) is 0 Å². The molecular formula is C26H27F4N3O3S. The van der Waals surface area contributed by atoms with Crippen LogP contribution in [0.25, 0.3) is 10.4 Å². The van der Waals surface area contributed by atoms with E-state index in [4.69, 9.17) is 4.74 Å². The number of thiophene rings is 1. The summed E-state index contributed by atoms with van der Waals surface area (Å²) in [6.07, 6.45) is -2.94. The topological polar surface area (TPSA) is 82.4 Å². The van der Waals surface area contributed by atoms with Crippen molar-refractivity contribution in [3.05, 3.63) is 46.6 Å². The number of nitriles is 1. The van der Waals surface area contributed by atoms with Crippen molar-refractivity contribution in [3.63, 3.8) is 0 Å². The maximum atomic E-state index is 14.9. The van der Waals surface area contributed by atoms with Crippen LogP contribution in [0.4, 0.5) is 22.4 Å². The zero-order valence-corrected chi connectivity index (χ0v) is 21.4. The summed E-state index contributed by atoms with van der Waals surface area (Å²) in [6, 6.07) is 6.28. The fourth-order valence-corrected chi connectivity index (χ4v) is 5.89. The minimum atomic E-state index is -4.47. The molecule has 2 aromatic rings. The van der Waals surface area contributed by atoms with E-state index in [-0.39, 0.29) is 34.4 Å². The van der Waals surface area contributed by atoms with Crippen molar-refractivity contribution in [2.45, 2.75) is 76.4 Å². The number of nitrogens with zero attached hydrogens (tertiary/aromatic N) is 2. The maximum Gasteiger partial charge on any atom is 0.425 e. The highest BCUT2D eigenvalue weighted by molar-refractivity contribution is 7.15. The number of hydrogen-bond acceptors (Lipinski definition) is 5. The van der Waals surface area contributed by atoms with Gasteiger partial charge in [0.2, 0.25) is 5.91 Å². The van der Waals surface area contributed by atoms with Gasteiger partial charge in [0.1, 0.15) is 28.4 Å². The van der Waals surface area contributed by atoms with Crippen LogP contribution in [0, 0.1) is 23.1 Å². The Morgan fingerprint density at radius 2 is 1.95 bits per heavy atom. The number of fused-ring (bicyclic) bond motifs is 2. The summed E-state index contributed by atoms with van der Waals surface area (Å²) in [7, 11) is 0. The van der Waals surface area contributed by atoms with Crippen molar-refractivity contribution < 1.29 is 31.9 Å². The number of ether oxygens (including phenoxy) is 1. The van der Waals surface area contributed by atoms with Crippen molar-refractivity contribution in [1.82, 2.24) is 10.2 Å². The number of benzene rings is 1. The average Bonchev–Trinajstić information content (AvgIpc) is 3.54. The zero-order chi connectivity index (χ0) is 27.1. The summed E-state index contributed by atoms with van der Waals surface area (Å²) in [5.41, 5.74) is -0.301. The van der Waals surface area contributed by atoms with Gasteiger partial charge in [0.25, 0.3) is 0 Å². The highest BCUT2D eigenvalue weighted by Crippen LogP contribution is 2.43. The van der Waals surface area contributed by atoms with Crippen molar-refractivity contribution in [3.8, 4) is 16.5 Å². The first kappa shape index (κ1) is 26.9. The van der Waals surface area contributed by atoms with Gasteiger partial charge < -0.3 is 10.1 Å². The Kier molecular flexibility index (Phi) is 7.25. The van der Waals surface area contributed by atoms with Crippen molar-refractivity contribution in [2.24, 2.45) is 5.92 Å². The summed E-state index contributed by atoms with van der Waals surface area (Å²) in [5.74, 6) is -1.22. The second-order valence-corrected chi connectivity index (χ2v) is 11.5. The smallest absolute Gasteiger partial charge is 0.425 e. The number of nitrogens with one attached hydrogen (secondary N) is 1. The van der Waals surface area contributed by atoms with E-state index in [1.807, 2.05) is 6.07 Å². The van der Waals surface area contributed by atoms with Gasteiger partial charge in [-0.3, -0.25) is 9.69 Å². The van der Waals surface area contributed by atoms with E-state index >= 15 is 0 Å². The molecule has 11 heteroatoms. The Balaban J connectivity index is 1.45. The lowest BCUT2D eigenvalue weighted by Gasteiger charge is -2.35. The van der Waals surface area contributed by atoms with Crippen molar-refractivity contribution in [2.75, 3.05) is 0 Å². The van der Waals surface area contributed by atoms with E-state index in [0.717, 1.165) is 25.0 Å². The highest BCUT2D eigenvalue weighted by Gasteiger charge is 2.52. The molecule has 1 aromatic heterocycles. The molecule has 0 spiro atoms. The molecule has 1 aliphatic carbocycles. The number of likely N-dealkylation sites (tertiary alicyclic amines) is 1. The van der Waals surface area contributed by atoms with E-state index in [0.29, 0.717) is 17.8 Å². The van der Waals surface area contributed by atoms with Crippen LogP contribution in [0.15, 0.2) is 30.3 Å². The predicted molar refractivity (Wildman–Crippen MR) is 129 cm³/mol. The molecule has 1 N–H and O–H groups in total. The maximum absolute atomic E-state index is 14.9. The molecule has 2 amide bonds. The fourth-order valence-electron chi connectivity index (χ4n) is 5.02. The third-order valence-electron chi connectivity index (χ3n) is 6.58. The lowest BCUT2D eigenvalue weighted by atomic mass is 9.97. The third kappa shape index (κ3) is 5.90. The third-order valence-corrected chi connectivity index (χ3v) is 7.76. The van der Waals surface area contributed by atoms with Crippen molar-refractivity contribution in [1.29, 1.82) is 5.26 Å². The van der Waals surface area contributed by atoms with Crippen LogP contribution in [0.1, 0.15) is 50.5 Å². The fraction of sp³-hybridized carbons (Fsp3) is 0.500. The Morgan fingerprint density at radius 1 is 1.22 bits per heavy atom. The molecule has 1 saturated heterocycles. The molecule has 37 heavy (non-hydrogen) atoms. The summed E-state index contributed by atoms with van der Waals surface area (Å²) in [6.45, 7) is 5.23. The first-order valence-corrected chi connectivity index (χ1v) is 12.8. The van der Waals surface area contributed by atoms with E-state index in [2.05, 4.69) is 5.32 Å². The number of hydrogen-bond donors (Lipinski definition) is 1. The Morgan fingerprint density at radius 3 is 2.54 bits per heavy atom. The van der Waals surface area contributed by atoms with Gasteiger partial charge in [-0.05, 0) is 75.3 Å². The summed E-state index contributed by atoms with van der Waals surface area (Å²) in [4.78, 5) is 27.0. The number of alkyl halides is 3. The quantitative estimate of drug-likeness (QED) is 0.481. The molecule has 1 aromatic carbocycles. The van der Waals surface area contributed by atoms with E-state index < -0.39 is 46.6 Å². The Hall–Kier alpha value is -3.13. The van der Waals surface area contributed by atoms with Gasteiger partial charge in [-0.25, -0.2) is 9.18 Å². The standard InChI is InChI=1S/C26H27F4N3O3S/c1-25(2,3)36-24(35)33-18-7-6-16(11-18)22(33)23(34)32-17(13-31)10-14-4-5-15(12-19(14)27)20-8-9-21(37-20)26(28,29)30/h4-5,8-9,12,16-18,22H,6-7,10-11H2,1-3H3,(H,32,34). The molecule has 2 fully saturated rings. The molecule has 4 rings (SSSR count). The van der Waals surface area contributed by atoms with Crippen LogP contribution in [0.5, 0.6) is 0 Å². The SMILES string of the molecule is CC(C)(C)OC(=O)N1C2CCC(C2)C1C(=O)NC(C#N)Cc1ccc(-c2ccc(C(F)(F)F)s2)cc1F. The second-order valence-electron chi connectivity index (χ2n) is 10.4. The van der Waals surface area contributed by atoms with Gasteiger partial charge in [0, 0.05) is 17.3 Å². The van der Waals surface area contributed by atoms with Crippen LogP contribution in [0.2, 0.25) is 0 Å². The van der Waals surface area contributed by atoms with Crippen molar-refractivity contribution >= 4 is 23.3 Å². The summed E-state index contributed by atoms with van der Waals surface area (Å²) >= 11 is 0.516. The Bertz CT molecular complexity index is 1230. The predicted octanol–water partition coefficient (Wildman–Crippen LogP) is 5.91. The molecule has 2 bridgehead atoms. The molecule has 4 atom stereocenters. The molecule has 0 radical (unpaired) electrons. The molecule has 1 saturated carbocycles. The number of carbonyl (C=O) groups excluding carboxylic acids is 2. The molecule has 6 nitrogen and oxygen atoms in total. The number of halogens is 4. The normalized spacial score (nSPS) is 22.0. The molecule has 2 heterocycles. The van der Waals surface area contributed by atoms with E-state index in [1.165, 1.54) is 23.1 Å². The molecule has 1 aliphatic heterocycles. The lowest BCUT2D eigenvalue weighted by Crippen LogP contribution is -2.55. The van der Waals surface area contributed by atoms with Gasteiger partial charge in [-0.2, -0.15) is 18.4 Å². The molecule has 198 valence electrons. The zero-order valence-electron chi connectivity index (χ0n) is 20.6. The minimum absolute atomic E-state index is 0.0414. The van der Waals surface area contributed by atoms with Crippen LogP contribution in [-0.4, -0.2) is 40.6 Å². The monoisotopic (exact) mass is 537 g/mol. The number of piperidine rings is 1. The summed E-state index contributed by atoms with van der Waals surface area (Å²) < 4.78 is 59.0. The number of carbonyl (C=O) groups is 2. The molecule has 4 unspecified atom stereocenters. The second kappa shape index (κ2) is 9.97. The van der Waals surface area contributed by atoms with E-state index in [1.54, 1.807) is 20.8 Å². The van der Waals surface area contributed by atoms with Crippen LogP contribution >= 0.6 is 11.3 Å². The average molecular weight is 538 g/mol. The molecule has 2 aliphatic rings. The highest BCUT2D eigenvalue weighted by atomic mass is 32.1. The lowest BCUT2D eigenvalue weighted by molar-refractivity contribution is -0.134. The van der Waals surface area contributed by atoms with Gasteiger partial charge in [-0.1, -0.05) is 12.1 Å². The van der Waals surface area contributed by atoms with E-state index in [9.17, 15) is 32.4 Å².